The van der Waals surface area contributed by atoms with Gasteiger partial charge >= 0.3 is 5.97 Å². The summed E-state index contributed by atoms with van der Waals surface area (Å²) in [7, 11) is 4.31. The summed E-state index contributed by atoms with van der Waals surface area (Å²) in [5.41, 5.74) is 0. The minimum Gasteiger partial charge on any atom is -0.481 e. The summed E-state index contributed by atoms with van der Waals surface area (Å²) in [5, 5.41) is 8.56. The molecule has 144 valence electrons. The minimum atomic E-state index is -0.653. The second kappa shape index (κ2) is 18.8. The molecule has 24 heavy (non-hydrogen) atoms. The smallest absolute Gasteiger partial charge is 0.303 e. The third-order valence-corrected chi connectivity index (χ3v) is 4.75. The number of carboxylic acids is 1. The van der Waals surface area contributed by atoms with E-state index >= 15 is 0 Å². The summed E-state index contributed by atoms with van der Waals surface area (Å²) in [4.78, 5) is 12.7. The van der Waals surface area contributed by atoms with Crippen molar-refractivity contribution in [1.82, 2.24) is 4.90 Å². The SMILES string of the molecule is CN(C)CCCCCCCCCCCCCCCCCCC(=O)O. The van der Waals surface area contributed by atoms with Crippen LogP contribution in [0, 0.1) is 0 Å². The molecule has 0 unspecified atom stereocenters. The second-order valence-corrected chi connectivity index (χ2v) is 7.60. The molecule has 0 aromatic rings. The molecule has 0 fully saturated rings. The van der Waals surface area contributed by atoms with Crippen molar-refractivity contribution in [3.05, 3.63) is 0 Å². The van der Waals surface area contributed by atoms with Gasteiger partial charge in [0.1, 0.15) is 0 Å². The van der Waals surface area contributed by atoms with E-state index in [1.54, 1.807) is 0 Å². The van der Waals surface area contributed by atoms with Gasteiger partial charge in [0.25, 0.3) is 0 Å². The van der Waals surface area contributed by atoms with Gasteiger partial charge in [0.15, 0.2) is 0 Å². The molecule has 0 aliphatic rings. The Kier molecular flexibility index (Phi) is 18.3. The van der Waals surface area contributed by atoms with Crippen LogP contribution in [0.5, 0.6) is 0 Å². The van der Waals surface area contributed by atoms with Gasteiger partial charge in [0.05, 0.1) is 0 Å². The van der Waals surface area contributed by atoms with Gasteiger partial charge in [-0.1, -0.05) is 89.9 Å². The molecule has 0 bridgehead atoms. The molecule has 1 N–H and O–H groups in total. The average Bonchev–Trinajstić information content (AvgIpc) is 2.53. The maximum atomic E-state index is 10.4. The lowest BCUT2D eigenvalue weighted by molar-refractivity contribution is -0.137. The van der Waals surface area contributed by atoms with Crippen molar-refractivity contribution >= 4 is 5.97 Å². The standard InChI is InChI=1S/C21H43NO2/c1-22(2)20-18-16-14-12-10-8-6-4-3-5-7-9-11-13-15-17-19-21(23)24/h3-20H2,1-2H3,(H,23,24). The molecule has 0 spiro atoms. The zero-order valence-corrected chi connectivity index (χ0v) is 16.5. The number of rotatable bonds is 19. The van der Waals surface area contributed by atoms with Gasteiger partial charge in [-0.3, -0.25) is 4.79 Å². The molecular formula is C21H43NO2. The predicted molar refractivity (Wildman–Crippen MR) is 105 cm³/mol. The lowest BCUT2D eigenvalue weighted by Gasteiger charge is -2.08. The first-order valence-electron chi connectivity index (χ1n) is 10.5. The van der Waals surface area contributed by atoms with Crippen LogP contribution in [0.4, 0.5) is 0 Å². The minimum absolute atomic E-state index is 0.343. The molecule has 0 radical (unpaired) electrons. The second-order valence-electron chi connectivity index (χ2n) is 7.60. The number of carboxylic acid groups (broad SMARTS) is 1. The summed E-state index contributed by atoms with van der Waals surface area (Å²) in [6.07, 6.45) is 21.6. The Morgan fingerprint density at radius 1 is 0.583 bits per heavy atom. The van der Waals surface area contributed by atoms with Crippen LogP contribution in [0.2, 0.25) is 0 Å². The van der Waals surface area contributed by atoms with Gasteiger partial charge < -0.3 is 10.0 Å². The Morgan fingerprint density at radius 2 is 0.875 bits per heavy atom. The first kappa shape index (κ1) is 23.4. The third-order valence-electron chi connectivity index (χ3n) is 4.75. The van der Waals surface area contributed by atoms with Crippen LogP contribution in [0.3, 0.4) is 0 Å². The Hall–Kier alpha value is -0.570. The number of hydrogen-bond acceptors (Lipinski definition) is 2. The van der Waals surface area contributed by atoms with Crippen molar-refractivity contribution in [2.75, 3.05) is 20.6 Å². The molecule has 0 saturated carbocycles. The van der Waals surface area contributed by atoms with Crippen LogP contribution in [0.1, 0.15) is 109 Å². The lowest BCUT2D eigenvalue weighted by atomic mass is 10.0. The molecule has 0 aromatic heterocycles. The van der Waals surface area contributed by atoms with Crippen LogP contribution in [-0.2, 0) is 4.79 Å². The molecule has 3 heteroatoms. The van der Waals surface area contributed by atoms with Crippen molar-refractivity contribution in [1.29, 1.82) is 0 Å². The molecule has 0 heterocycles. The van der Waals surface area contributed by atoms with Gasteiger partial charge in [0, 0.05) is 6.42 Å². The maximum Gasteiger partial charge on any atom is 0.303 e. The van der Waals surface area contributed by atoms with E-state index in [1.807, 2.05) is 0 Å². The predicted octanol–water partition coefficient (Wildman–Crippen LogP) is 6.26. The van der Waals surface area contributed by atoms with Crippen molar-refractivity contribution in [3.8, 4) is 0 Å². The van der Waals surface area contributed by atoms with Crippen LogP contribution >= 0.6 is 0 Å². The largest absolute Gasteiger partial charge is 0.481 e. The maximum absolute atomic E-state index is 10.4. The Bertz CT molecular complexity index is 267. The van der Waals surface area contributed by atoms with Crippen LogP contribution in [-0.4, -0.2) is 36.6 Å². The van der Waals surface area contributed by atoms with Gasteiger partial charge in [-0.25, -0.2) is 0 Å². The summed E-state index contributed by atoms with van der Waals surface area (Å²) >= 11 is 0. The van der Waals surface area contributed by atoms with E-state index in [1.165, 1.54) is 96.4 Å². The third kappa shape index (κ3) is 21.4. The average molecular weight is 342 g/mol. The summed E-state index contributed by atoms with van der Waals surface area (Å²) in [6, 6.07) is 0. The first-order valence-corrected chi connectivity index (χ1v) is 10.5. The fourth-order valence-electron chi connectivity index (χ4n) is 3.18. The molecule has 0 aliphatic carbocycles. The Labute approximate surface area is 151 Å². The van der Waals surface area contributed by atoms with E-state index in [-0.39, 0.29) is 0 Å². The van der Waals surface area contributed by atoms with E-state index < -0.39 is 5.97 Å². The first-order chi connectivity index (χ1) is 11.6. The van der Waals surface area contributed by atoms with Gasteiger partial charge in [0.2, 0.25) is 0 Å². The highest BCUT2D eigenvalue weighted by Gasteiger charge is 1.97. The van der Waals surface area contributed by atoms with E-state index in [4.69, 9.17) is 5.11 Å². The highest BCUT2D eigenvalue weighted by Crippen LogP contribution is 2.14. The fraction of sp³-hybridized carbons (Fsp3) is 0.952. The molecule has 0 rings (SSSR count). The van der Waals surface area contributed by atoms with E-state index in [2.05, 4.69) is 19.0 Å². The van der Waals surface area contributed by atoms with Crippen molar-refractivity contribution < 1.29 is 9.90 Å². The molecular weight excluding hydrogens is 298 g/mol. The fourth-order valence-corrected chi connectivity index (χ4v) is 3.18. The molecule has 0 aromatic carbocycles. The van der Waals surface area contributed by atoms with E-state index in [9.17, 15) is 4.79 Å². The van der Waals surface area contributed by atoms with Gasteiger partial charge in [-0.05, 0) is 33.5 Å². The van der Waals surface area contributed by atoms with E-state index in [0.717, 1.165) is 12.8 Å². The zero-order chi connectivity index (χ0) is 17.9. The number of unbranched alkanes of at least 4 members (excludes halogenated alkanes) is 15. The molecule has 0 saturated heterocycles. The van der Waals surface area contributed by atoms with Crippen LogP contribution < -0.4 is 0 Å². The highest BCUT2D eigenvalue weighted by atomic mass is 16.4. The van der Waals surface area contributed by atoms with Gasteiger partial charge in [-0.15, -0.1) is 0 Å². The number of aliphatic carboxylic acids is 1. The molecule has 0 atom stereocenters. The van der Waals surface area contributed by atoms with Gasteiger partial charge in [-0.2, -0.15) is 0 Å². The molecule has 0 aliphatic heterocycles. The quantitative estimate of drug-likeness (QED) is 0.282. The topological polar surface area (TPSA) is 40.5 Å². The molecule has 0 amide bonds. The van der Waals surface area contributed by atoms with E-state index in [0.29, 0.717) is 6.42 Å². The number of carbonyl (C=O) groups is 1. The van der Waals surface area contributed by atoms with Crippen molar-refractivity contribution in [2.45, 2.75) is 109 Å². The van der Waals surface area contributed by atoms with Crippen LogP contribution in [0.15, 0.2) is 0 Å². The molecule has 3 nitrogen and oxygen atoms in total. The number of nitrogens with zero attached hydrogens (tertiary/aromatic N) is 1. The summed E-state index contributed by atoms with van der Waals surface area (Å²) < 4.78 is 0. The summed E-state index contributed by atoms with van der Waals surface area (Å²) in [6.45, 7) is 1.24. The lowest BCUT2D eigenvalue weighted by Crippen LogP contribution is -2.12. The number of hydrogen-bond donors (Lipinski definition) is 1. The van der Waals surface area contributed by atoms with Crippen molar-refractivity contribution in [2.24, 2.45) is 0 Å². The summed E-state index contributed by atoms with van der Waals surface area (Å²) in [5.74, 6) is -0.653. The monoisotopic (exact) mass is 341 g/mol. The Morgan fingerprint density at radius 3 is 1.17 bits per heavy atom. The Balaban J connectivity index is 2.99. The zero-order valence-electron chi connectivity index (χ0n) is 16.5. The highest BCUT2D eigenvalue weighted by molar-refractivity contribution is 5.66. The normalized spacial score (nSPS) is 11.3. The van der Waals surface area contributed by atoms with Crippen LogP contribution in [0.25, 0.3) is 0 Å². The van der Waals surface area contributed by atoms with Crippen molar-refractivity contribution in [3.63, 3.8) is 0 Å².